The number of aryl methyl sites for hydroxylation is 2. The molecule has 1 saturated heterocycles. The van der Waals surface area contributed by atoms with Crippen LogP contribution in [0.2, 0.25) is 0 Å². The summed E-state index contributed by atoms with van der Waals surface area (Å²) in [4.78, 5) is 87.0. The van der Waals surface area contributed by atoms with Gasteiger partial charge < -0.3 is 49.1 Å². The Labute approximate surface area is 392 Å². The molecule has 354 valence electrons. The molecule has 68 heavy (non-hydrogen) atoms. The van der Waals surface area contributed by atoms with Crippen LogP contribution in [0.4, 0.5) is 27.9 Å². The number of amides is 4. The van der Waals surface area contributed by atoms with Gasteiger partial charge in [-0.1, -0.05) is 12.2 Å². The zero-order valence-corrected chi connectivity index (χ0v) is 39.0. The molecule has 2 aromatic carbocycles. The first kappa shape index (κ1) is 47.1. The molecule has 2 aliphatic heterocycles. The Hall–Kier alpha value is -7.36. The Bertz CT molecular complexity index is 3060. The van der Waals surface area contributed by atoms with Crippen molar-refractivity contribution >= 4 is 93.6 Å². The van der Waals surface area contributed by atoms with Crippen molar-refractivity contribution in [1.29, 1.82) is 0 Å². The normalized spacial score (nSPS) is 15.1. The average molecular weight is 967 g/mol. The lowest BCUT2D eigenvalue weighted by Gasteiger charge is -2.20. The summed E-state index contributed by atoms with van der Waals surface area (Å²) in [7, 11) is 2.09. The van der Waals surface area contributed by atoms with Crippen molar-refractivity contribution in [3.8, 4) is 11.5 Å². The Kier molecular flexibility index (Phi) is 13.8. The number of fused-ring (bicyclic) bond motifs is 3. The number of rotatable bonds is 18. The summed E-state index contributed by atoms with van der Waals surface area (Å²) in [6.07, 6.45) is 7.58. The van der Waals surface area contributed by atoms with Crippen molar-refractivity contribution in [2.24, 2.45) is 19.1 Å². The number of methoxy groups -OCH3 is 2. The molecule has 2 atom stereocenters. The first-order chi connectivity index (χ1) is 32.6. The summed E-state index contributed by atoms with van der Waals surface area (Å²) < 4.78 is 38.2. The van der Waals surface area contributed by atoms with Gasteiger partial charge in [0.05, 0.1) is 61.1 Å². The third-order valence-corrected chi connectivity index (χ3v) is 12.8. The largest absolute Gasteiger partial charge is 0.493 e. The van der Waals surface area contributed by atoms with Crippen molar-refractivity contribution in [3.63, 3.8) is 0 Å². The van der Waals surface area contributed by atoms with Crippen molar-refractivity contribution in [2.75, 3.05) is 61.6 Å². The second-order valence-corrected chi connectivity index (χ2v) is 18.3. The van der Waals surface area contributed by atoms with Crippen LogP contribution in [0.15, 0.2) is 89.6 Å². The van der Waals surface area contributed by atoms with Gasteiger partial charge in [0.1, 0.15) is 17.1 Å². The van der Waals surface area contributed by atoms with Gasteiger partial charge in [0.15, 0.2) is 16.6 Å². The minimum Gasteiger partial charge on any atom is -0.493 e. The topological polar surface area (TPSA) is 251 Å². The number of aromatic nitrogens is 4. The second-order valence-electron chi connectivity index (χ2n) is 15.9. The third-order valence-electron chi connectivity index (χ3n) is 11.0. The van der Waals surface area contributed by atoms with Gasteiger partial charge in [0, 0.05) is 81.5 Å². The molecule has 23 heteroatoms. The molecule has 4 aromatic heterocycles. The summed E-state index contributed by atoms with van der Waals surface area (Å²) in [6.45, 7) is 4.73. The van der Waals surface area contributed by atoms with Gasteiger partial charge in [0.25, 0.3) is 23.6 Å². The van der Waals surface area contributed by atoms with Gasteiger partial charge in [-0.3, -0.25) is 43.1 Å². The van der Waals surface area contributed by atoms with E-state index >= 15 is 0 Å². The Morgan fingerprint density at radius 2 is 1.66 bits per heavy atom. The van der Waals surface area contributed by atoms with Crippen molar-refractivity contribution in [3.05, 3.63) is 107 Å². The van der Waals surface area contributed by atoms with Crippen LogP contribution in [-0.4, -0.2) is 111 Å². The predicted molar refractivity (Wildman–Crippen MR) is 255 cm³/mol. The highest BCUT2D eigenvalue weighted by Crippen LogP contribution is 2.42. The maximum absolute atomic E-state index is 13.7. The van der Waals surface area contributed by atoms with E-state index < -0.39 is 19.6 Å². The van der Waals surface area contributed by atoms with Crippen LogP contribution in [0.3, 0.4) is 0 Å². The highest BCUT2D eigenvalue weighted by atomic mass is 32.1. The fourth-order valence-corrected chi connectivity index (χ4v) is 9.24. The van der Waals surface area contributed by atoms with E-state index in [2.05, 4.69) is 37.6 Å². The lowest BCUT2D eigenvalue weighted by atomic mass is 10.1. The highest BCUT2D eigenvalue weighted by Gasteiger charge is 2.34. The Morgan fingerprint density at radius 1 is 0.912 bits per heavy atom. The van der Waals surface area contributed by atoms with Crippen LogP contribution in [0.1, 0.15) is 61.1 Å². The van der Waals surface area contributed by atoms with Gasteiger partial charge in [-0.05, 0) is 55.3 Å². The first-order valence-electron chi connectivity index (χ1n) is 21.1. The van der Waals surface area contributed by atoms with E-state index in [1.165, 1.54) is 40.9 Å². The number of anilines is 4. The highest BCUT2D eigenvalue weighted by molar-refractivity contribution is 7.54. The van der Waals surface area contributed by atoms with Crippen LogP contribution in [0.5, 0.6) is 11.5 Å². The molecule has 0 saturated carbocycles. The zero-order valence-electron chi connectivity index (χ0n) is 37.3. The van der Waals surface area contributed by atoms with Crippen LogP contribution < -0.4 is 30.5 Å². The molecule has 2 aliphatic rings. The number of carbonyl (C=O) groups excluding carboxylic acids is 5. The average Bonchev–Trinajstić information content (AvgIpc) is 4.14. The fourth-order valence-electron chi connectivity index (χ4n) is 7.68. The molecule has 0 bridgehead atoms. The smallest absolute Gasteiger partial charge is 0.430 e. The summed E-state index contributed by atoms with van der Waals surface area (Å²) in [6, 6.07) is 12.6. The number of carbonyl (C=O) groups is 5. The van der Waals surface area contributed by atoms with Crippen LogP contribution in [-0.2, 0) is 32.7 Å². The van der Waals surface area contributed by atoms with E-state index in [0.717, 1.165) is 16.9 Å². The molecular formula is C45H47N10O11PS. The van der Waals surface area contributed by atoms with Gasteiger partial charge in [0.2, 0.25) is 5.91 Å². The minimum absolute atomic E-state index is 0.0543. The lowest BCUT2D eigenvalue weighted by Crippen LogP contribution is -2.35. The fraction of sp³-hybridized carbons (Fsp3) is 0.267. The summed E-state index contributed by atoms with van der Waals surface area (Å²) in [5.74, 6) is -1.17. The number of nitrogens with zero attached hydrogens (tertiary/aromatic N) is 6. The van der Waals surface area contributed by atoms with E-state index in [9.17, 15) is 33.4 Å². The van der Waals surface area contributed by atoms with Crippen LogP contribution in [0, 0.1) is 0 Å². The molecule has 21 nitrogen and oxygen atoms in total. The zero-order chi connectivity index (χ0) is 48.3. The van der Waals surface area contributed by atoms with Crippen molar-refractivity contribution in [1.82, 2.24) is 23.6 Å². The molecule has 6 heterocycles. The molecule has 1 fully saturated rings. The number of benzene rings is 2. The summed E-state index contributed by atoms with van der Waals surface area (Å²) in [5, 5.41) is 13.1. The molecule has 8 rings (SSSR count). The second kappa shape index (κ2) is 19.9. The van der Waals surface area contributed by atoms with Gasteiger partial charge in [-0.15, -0.1) is 11.3 Å². The van der Waals surface area contributed by atoms with Gasteiger partial charge >= 0.3 is 7.75 Å². The van der Waals surface area contributed by atoms with Gasteiger partial charge in [-0.2, -0.15) is 0 Å². The molecule has 0 radical (unpaired) electrons. The Balaban J connectivity index is 0.814. The number of hydrogen-bond acceptors (Lipinski definition) is 13. The van der Waals surface area contributed by atoms with E-state index in [4.69, 9.17) is 18.7 Å². The third kappa shape index (κ3) is 10.4. The molecule has 0 spiro atoms. The van der Waals surface area contributed by atoms with Crippen LogP contribution in [0.25, 0.3) is 10.9 Å². The lowest BCUT2D eigenvalue weighted by molar-refractivity contribution is -0.116. The van der Waals surface area contributed by atoms with E-state index in [1.54, 1.807) is 84.8 Å². The SMILES string of the molecule is C=C1C[C@H]2C=Nc3cc(OCCCC(=O)Nc4nc(C(=O)Nc5cc(C(=O)Nc6cc(C(=O)n7ccc8cc(NP(=O)(O)OCCOC)ccc87)n(C)c6)n(C)c5)cs4)c(OC)cc3C(=O)N2C1. The maximum atomic E-state index is 13.7. The molecule has 6 aromatic rings. The quantitative estimate of drug-likeness (QED) is 0.0354. The standard InChI is InChI=1S/C45H47N10O11PS/c1-26-15-31-21-46-33-20-39(38(64-5)19-32(33)43(59)55(31)22-26)65-12-6-7-40(56)50-45-49-34(25-68-45)41(57)47-29-17-36(52(2)23-29)42(58)48-30-18-37(53(3)24-30)44(60)54-11-10-27-16-28(8-9-35(27)54)51-67(61,62)66-14-13-63-4/h8-11,16-21,23-25,31H,1,6-7,12-15,22H2,2-5H3,(H,47,57)(H,48,58)(H,49,50,56)(H2,51,61,62)/t31-/m0/s1. The number of ether oxygens (including phenoxy) is 3. The number of thiazole rings is 1. The number of aliphatic imine (C=N–C) groups is 1. The van der Waals surface area contributed by atoms with Crippen molar-refractivity contribution < 1.29 is 52.2 Å². The van der Waals surface area contributed by atoms with E-state index in [-0.39, 0.29) is 72.2 Å². The van der Waals surface area contributed by atoms with Gasteiger partial charge in [-0.25, -0.2) is 9.55 Å². The van der Waals surface area contributed by atoms with Crippen LogP contribution >= 0.6 is 19.1 Å². The molecule has 4 amide bonds. The molecule has 1 unspecified atom stereocenters. The first-order valence-corrected chi connectivity index (χ1v) is 23.5. The summed E-state index contributed by atoms with van der Waals surface area (Å²) in [5.41, 5.74) is 3.91. The van der Waals surface area contributed by atoms with E-state index in [0.29, 0.717) is 70.1 Å². The van der Waals surface area contributed by atoms with E-state index in [1.807, 2.05) is 0 Å². The molecule has 5 N–H and O–H groups in total. The predicted octanol–water partition coefficient (Wildman–Crippen LogP) is 6.44. The monoisotopic (exact) mass is 966 g/mol. The summed E-state index contributed by atoms with van der Waals surface area (Å²) >= 11 is 1.08. The Morgan fingerprint density at radius 3 is 2.43 bits per heavy atom. The molecule has 0 aliphatic carbocycles. The maximum Gasteiger partial charge on any atom is 0.430 e. The molecular weight excluding hydrogens is 920 g/mol. The minimum atomic E-state index is -4.15. The number of hydrogen-bond donors (Lipinski definition) is 5. The van der Waals surface area contributed by atoms with Crippen molar-refractivity contribution in [2.45, 2.75) is 25.3 Å². The number of nitrogens with one attached hydrogen (secondary N) is 4.